The predicted octanol–water partition coefficient (Wildman–Crippen LogP) is 3.74. The number of nitrogens with one attached hydrogen (secondary N) is 2. The van der Waals surface area contributed by atoms with Crippen molar-refractivity contribution >= 4 is 17.3 Å². The van der Waals surface area contributed by atoms with Gasteiger partial charge in [0, 0.05) is 11.4 Å². The number of hydrogen-bond donors (Lipinski definition) is 3. The molecule has 0 aromatic heterocycles. The Balaban J connectivity index is 2.11. The topological polar surface area (TPSA) is 61.4 Å². The van der Waals surface area contributed by atoms with E-state index < -0.39 is 0 Å². The van der Waals surface area contributed by atoms with Crippen LogP contribution in [0.15, 0.2) is 42.5 Å². The lowest BCUT2D eigenvalue weighted by atomic mass is 10.0. The summed E-state index contributed by atoms with van der Waals surface area (Å²) < 4.78 is 0. The number of rotatable bonds is 7. The van der Waals surface area contributed by atoms with Crippen molar-refractivity contribution in [2.24, 2.45) is 0 Å². The Morgan fingerprint density at radius 1 is 1.08 bits per heavy atom. The molecule has 4 nitrogen and oxygen atoms in total. The molecule has 0 aliphatic heterocycles. The third-order valence-corrected chi connectivity index (χ3v) is 4.13. The van der Waals surface area contributed by atoms with Gasteiger partial charge in [0.1, 0.15) is 6.04 Å². The summed E-state index contributed by atoms with van der Waals surface area (Å²) in [7, 11) is 0. The van der Waals surface area contributed by atoms with Gasteiger partial charge in [0.25, 0.3) is 0 Å². The van der Waals surface area contributed by atoms with Crippen LogP contribution >= 0.6 is 0 Å². The molecule has 2 aromatic rings. The van der Waals surface area contributed by atoms with E-state index in [1.807, 2.05) is 37.3 Å². The van der Waals surface area contributed by atoms with Crippen LogP contribution in [0, 0.1) is 0 Å². The zero-order valence-corrected chi connectivity index (χ0v) is 14.6. The number of aliphatic hydroxyl groups is 1. The van der Waals surface area contributed by atoms with Gasteiger partial charge in [-0.25, -0.2) is 0 Å². The molecule has 0 fully saturated rings. The van der Waals surface area contributed by atoms with Gasteiger partial charge in [0.15, 0.2) is 0 Å². The third kappa shape index (κ3) is 4.36. The average Bonchev–Trinajstić information content (AvgIpc) is 2.61. The van der Waals surface area contributed by atoms with Gasteiger partial charge in [-0.2, -0.15) is 0 Å². The lowest BCUT2D eigenvalue weighted by Crippen LogP contribution is -2.32. The Morgan fingerprint density at radius 3 is 2.29 bits per heavy atom. The zero-order chi connectivity index (χ0) is 17.5. The lowest BCUT2D eigenvalue weighted by Gasteiger charge is -2.19. The molecule has 1 amide bonds. The SMILES string of the molecule is CCc1cccc(CC)c1NC(=O)C(C)Nc1cccc(CO)c1. The van der Waals surface area contributed by atoms with Gasteiger partial charge in [-0.3, -0.25) is 4.79 Å². The summed E-state index contributed by atoms with van der Waals surface area (Å²) in [6.45, 7) is 6.00. The Kier molecular flexibility index (Phi) is 6.38. The minimum atomic E-state index is -0.381. The Hall–Kier alpha value is -2.33. The molecule has 128 valence electrons. The van der Waals surface area contributed by atoms with Crippen molar-refractivity contribution in [3.63, 3.8) is 0 Å². The summed E-state index contributed by atoms with van der Waals surface area (Å²) in [5.74, 6) is -0.0694. The summed E-state index contributed by atoms with van der Waals surface area (Å²) in [6.07, 6.45) is 1.76. The number of hydrogen-bond acceptors (Lipinski definition) is 3. The van der Waals surface area contributed by atoms with Gasteiger partial charge in [-0.05, 0) is 48.6 Å². The van der Waals surface area contributed by atoms with E-state index in [0.29, 0.717) is 0 Å². The lowest BCUT2D eigenvalue weighted by molar-refractivity contribution is -0.116. The standard InChI is InChI=1S/C20H26N2O2/c1-4-16-9-7-10-17(5-2)19(16)22-20(24)14(3)21-18-11-6-8-15(12-18)13-23/h6-12,14,21,23H,4-5,13H2,1-3H3,(H,22,24). The monoisotopic (exact) mass is 326 g/mol. The molecular formula is C20H26N2O2. The van der Waals surface area contributed by atoms with Crippen LogP contribution in [0.1, 0.15) is 37.5 Å². The van der Waals surface area contributed by atoms with Crippen LogP contribution < -0.4 is 10.6 Å². The fourth-order valence-corrected chi connectivity index (χ4v) is 2.71. The van der Waals surface area contributed by atoms with Crippen LogP contribution in [-0.4, -0.2) is 17.1 Å². The van der Waals surface area contributed by atoms with E-state index in [4.69, 9.17) is 0 Å². The maximum atomic E-state index is 12.6. The highest BCUT2D eigenvalue weighted by atomic mass is 16.3. The van der Waals surface area contributed by atoms with E-state index in [0.717, 1.165) is 40.9 Å². The fraction of sp³-hybridized carbons (Fsp3) is 0.350. The third-order valence-electron chi connectivity index (χ3n) is 4.13. The quantitative estimate of drug-likeness (QED) is 0.726. The average molecular weight is 326 g/mol. The second-order valence-corrected chi connectivity index (χ2v) is 5.87. The normalized spacial score (nSPS) is 11.8. The van der Waals surface area contributed by atoms with Crippen molar-refractivity contribution < 1.29 is 9.90 Å². The van der Waals surface area contributed by atoms with Crippen LogP contribution in [0.25, 0.3) is 0 Å². The number of aryl methyl sites for hydroxylation is 2. The molecule has 24 heavy (non-hydrogen) atoms. The van der Waals surface area contributed by atoms with Crippen molar-refractivity contribution in [2.75, 3.05) is 10.6 Å². The fourth-order valence-electron chi connectivity index (χ4n) is 2.71. The number of carbonyl (C=O) groups is 1. The minimum absolute atomic E-state index is 0.0141. The van der Waals surface area contributed by atoms with Crippen LogP contribution in [0.3, 0.4) is 0 Å². The summed E-state index contributed by atoms with van der Waals surface area (Å²) >= 11 is 0. The first-order valence-electron chi connectivity index (χ1n) is 8.47. The number of carbonyl (C=O) groups excluding carboxylic acids is 1. The molecule has 0 saturated heterocycles. The summed E-state index contributed by atoms with van der Waals surface area (Å²) in [4.78, 5) is 12.6. The van der Waals surface area contributed by atoms with Crippen LogP contribution in [0.5, 0.6) is 0 Å². The zero-order valence-electron chi connectivity index (χ0n) is 14.6. The van der Waals surface area contributed by atoms with Gasteiger partial charge in [-0.1, -0.05) is 44.2 Å². The number of anilines is 2. The molecule has 0 aliphatic carbocycles. The van der Waals surface area contributed by atoms with Gasteiger partial charge < -0.3 is 15.7 Å². The van der Waals surface area contributed by atoms with Crippen molar-refractivity contribution in [1.29, 1.82) is 0 Å². The van der Waals surface area contributed by atoms with E-state index in [1.54, 1.807) is 0 Å². The predicted molar refractivity (Wildman–Crippen MR) is 99.3 cm³/mol. The molecule has 0 bridgehead atoms. The summed E-state index contributed by atoms with van der Waals surface area (Å²) in [5.41, 5.74) is 4.88. The number of para-hydroxylation sites is 1. The van der Waals surface area contributed by atoms with Crippen molar-refractivity contribution in [3.05, 3.63) is 59.2 Å². The van der Waals surface area contributed by atoms with Crippen LogP contribution in [0.4, 0.5) is 11.4 Å². The molecule has 0 aliphatic rings. The molecular weight excluding hydrogens is 300 g/mol. The molecule has 3 N–H and O–H groups in total. The Morgan fingerprint density at radius 2 is 1.71 bits per heavy atom. The molecule has 4 heteroatoms. The summed E-state index contributed by atoms with van der Waals surface area (Å²) in [6, 6.07) is 13.2. The first-order chi connectivity index (χ1) is 11.6. The maximum Gasteiger partial charge on any atom is 0.246 e. The second-order valence-electron chi connectivity index (χ2n) is 5.87. The van der Waals surface area contributed by atoms with Gasteiger partial charge in [0.2, 0.25) is 5.91 Å². The Bertz CT molecular complexity index is 676. The van der Waals surface area contributed by atoms with Crippen LogP contribution in [-0.2, 0) is 24.2 Å². The number of amides is 1. The van der Waals surface area contributed by atoms with E-state index in [-0.39, 0.29) is 18.6 Å². The van der Waals surface area contributed by atoms with E-state index in [1.165, 1.54) is 0 Å². The van der Waals surface area contributed by atoms with Crippen molar-refractivity contribution in [2.45, 2.75) is 46.3 Å². The van der Waals surface area contributed by atoms with Gasteiger partial charge >= 0.3 is 0 Å². The van der Waals surface area contributed by atoms with E-state index in [9.17, 15) is 9.90 Å². The smallest absolute Gasteiger partial charge is 0.246 e. The van der Waals surface area contributed by atoms with Crippen molar-refractivity contribution in [3.8, 4) is 0 Å². The molecule has 1 unspecified atom stereocenters. The molecule has 1 atom stereocenters. The highest BCUT2D eigenvalue weighted by Gasteiger charge is 2.16. The highest BCUT2D eigenvalue weighted by molar-refractivity contribution is 5.97. The molecule has 0 spiro atoms. The van der Waals surface area contributed by atoms with E-state index >= 15 is 0 Å². The van der Waals surface area contributed by atoms with Crippen molar-refractivity contribution in [1.82, 2.24) is 0 Å². The number of benzene rings is 2. The van der Waals surface area contributed by atoms with E-state index in [2.05, 4.69) is 36.6 Å². The first-order valence-corrected chi connectivity index (χ1v) is 8.47. The highest BCUT2D eigenvalue weighted by Crippen LogP contribution is 2.23. The molecule has 0 radical (unpaired) electrons. The second kappa shape index (κ2) is 8.50. The molecule has 0 heterocycles. The molecule has 0 saturated carbocycles. The summed E-state index contributed by atoms with van der Waals surface area (Å²) in [5, 5.41) is 15.5. The first kappa shape index (κ1) is 18.0. The minimum Gasteiger partial charge on any atom is -0.392 e. The Labute approximate surface area is 143 Å². The maximum absolute atomic E-state index is 12.6. The van der Waals surface area contributed by atoms with Gasteiger partial charge in [-0.15, -0.1) is 0 Å². The largest absolute Gasteiger partial charge is 0.392 e. The molecule has 2 rings (SSSR count). The molecule has 2 aromatic carbocycles. The number of aliphatic hydroxyl groups excluding tert-OH is 1. The van der Waals surface area contributed by atoms with Gasteiger partial charge in [0.05, 0.1) is 6.61 Å². The van der Waals surface area contributed by atoms with Crippen LogP contribution in [0.2, 0.25) is 0 Å².